The first kappa shape index (κ1) is 21.6. The summed E-state index contributed by atoms with van der Waals surface area (Å²) >= 11 is 0. The molecule has 160 valence electrons. The lowest BCUT2D eigenvalue weighted by atomic mass is 9.96. The third-order valence-electron chi connectivity index (χ3n) is 5.58. The first-order valence-corrected chi connectivity index (χ1v) is 10.9. The van der Waals surface area contributed by atoms with Crippen molar-refractivity contribution in [2.75, 3.05) is 32.8 Å². The summed E-state index contributed by atoms with van der Waals surface area (Å²) in [5.41, 5.74) is 1.29. The van der Waals surface area contributed by atoms with Crippen LogP contribution in [0.25, 0.3) is 0 Å². The fraction of sp³-hybridized carbons (Fsp3) is 0.636. The van der Waals surface area contributed by atoms with Gasteiger partial charge >= 0.3 is 6.03 Å². The maximum atomic E-state index is 12.1. The van der Waals surface area contributed by atoms with Crippen LogP contribution in [0.2, 0.25) is 0 Å². The molecule has 3 N–H and O–H groups in total. The highest BCUT2D eigenvalue weighted by Crippen LogP contribution is 2.17. The molecule has 0 radical (unpaired) electrons. The Balaban J connectivity index is 1.27. The normalized spacial score (nSPS) is 20.8. The van der Waals surface area contributed by atoms with Crippen LogP contribution in [0, 0.1) is 0 Å². The van der Waals surface area contributed by atoms with E-state index in [4.69, 9.17) is 4.74 Å². The lowest BCUT2D eigenvalue weighted by Gasteiger charge is -2.33. The van der Waals surface area contributed by atoms with Gasteiger partial charge in [-0.15, -0.1) is 0 Å². The molecule has 1 aromatic rings. The van der Waals surface area contributed by atoms with E-state index in [2.05, 4.69) is 45.1 Å². The molecule has 29 heavy (non-hydrogen) atoms. The van der Waals surface area contributed by atoms with Gasteiger partial charge in [0.15, 0.2) is 0 Å². The predicted octanol–water partition coefficient (Wildman–Crippen LogP) is 2.03. The lowest BCUT2D eigenvalue weighted by Crippen LogP contribution is -2.47. The van der Waals surface area contributed by atoms with Crippen molar-refractivity contribution in [3.8, 4) is 0 Å². The van der Waals surface area contributed by atoms with Crippen LogP contribution in [0.3, 0.4) is 0 Å². The van der Waals surface area contributed by atoms with E-state index in [0.717, 1.165) is 32.5 Å². The van der Waals surface area contributed by atoms with E-state index in [1.54, 1.807) is 0 Å². The number of rotatable bonds is 8. The van der Waals surface area contributed by atoms with E-state index in [1.165, 1.54) is 24.8 Å². The first-order chi connectivity index (χ1) is 14.2. The standard InChI is InChI=1S/C22H34N4O3/c27-21(11-12-23-22(28)25-19-9-5-2-6-10-19)24-15-20-17-26(13-14-29-20)16-18-7-3-1-4-8-18/h1,3-4,7-8,19-20H,2,5-6,9-17H2,(H,24,27)(H2,23,25,28). The average Bonchev–Trinajstić information content (AvgIpc) is 2.74. The molecule has 7 nitrogen and oxygen atoms in total. The fourth-order valence-electron chi connectivity index (χ4n) is 3.98. The Labute approximate surface area is 173 Å². The largest absolute Gasteiger partial charge is 0.374 e. The van der Waals surface area contributed by atoms with Crippen molar-refractivity contribution < 1.29 is 14.3 Å². The minimum atomic E-state index is -0.170. The Bertz CT molecular complexity index is 634. The highest BCUT2D eigenvalue weighted by Gasteiger charge is 2.21. The summed E-state index contributed by atoms with van der Waals surface area (Å²) in [5, 5.41) is 8.71. The number of nitrogens with one attached hydrogen (secondary N) is 3. The Morgan fingerprint density at radius 2 is 1.86 bits per heavy atom. The van der Waals surface area contributed by atoms with E-state index in [1.807, 2.05) is 6.07 Å². The van der Waals surface area contributed by atoms with Gasteiger partial charge in [-0.25, -0.2) is 4.79 Å². The lowest BCUT2D eigenvalue weighted by molar-refractivity contribution is -0.122. The number of carbonyl (C=O) groups excluding carboxylic acids is 2. The van der Waals surface area contributed by atoms with Gasteiger partial charge in [-0.2, -0.15) is 0 Å². The highest BCUT2D eigenvalue weighted by molar-refractivity contribution is 5.78. The number of urea groups is 1. The number of hydrogen-bond acceptors (Lipinski definition) is 4. The van der Waals surface area contributed by atoms with Crippen LogP contribution in [0.4, 0.5) is 4.79 Å². The van der Waals surface area contributed by atoms with E-state index >= 15 is 0 Å². The molecule has 3 amide bonds. The van der Waals surface area contributed by atoms with Gasteiger partial charge in [0.25, 0.3) is 0 Å². The van der Waals surface area contributed by atoms with Crippen LogP contribution in [-0.4, -0.2) is 61.8 Å². The first-order valence-electron chi connectivity index (χ1n) is 10.9. The maximum Gasteiger partial charge on any atom is 0.315 e. The minimum Gasteiger partial charge on any atom is -0.374 e. The smallest absolute Gasteiger partial charge is 0.315 e. The van der Waals surface area contributed by atoms with Crippen molar-refractivity contribution in [3.63, 3.8) is 0 Å². The molecule has 1 aromatic carbocycles. The quantitative estimate of drug-likeness (QED) is 0.621. The van der Waals surface area contributed by atoms with Crippen LogP contribution in [0.5, 0.6) is 0 Å². The van der Waals surface area contributed by atoms with E-state index in [-0.39, 0.29) is 30.5 Å². The van der Waals surface area contributed by atoms with Gasteiger partial charge in [-0.1, -0.05) is 49.6 Å². The number of morpholine rings is 1. The van der Waals surface area contributed by atoms with Gasteiger partial charge in [0, 0.05) is 45.2 Å². The molecule has 0 spiro atoms. The monoisotopic (exact) mass is 402 g/mol. The van der Waals surface area contributed by atoms with Gasteiger partial charge in [0.2, 0.25) is 5.91 Å². The molecule has 1 atom stereocenters. The molecule has 3 rings (SSSR count). The van der Waals surface area contributed by atoms with Gasteiger partial charge in [0.1, 0.15) is 0 Å². The van der Waals surface area contributed by atoms with Crippen LogP contribution < -0.4 is 16.0 Å². The summed E-state index contributed by atoms with van der Waals surface area (Å²) in [7, 11) is 0. The number of amides is 3. The third kappa shape index (κ3) is 8.03. The fourth-order valence-corrected chi connectivity index (χ4v) is 3.98. The van der Waals surface area contributed by atoms with E-state index in [0.29, 0.717) is 19.7 Å². The van der Waals surface area contributed by atoms with E-state index in [9.17, 15) is 9.59 Å². The summed E-state index contributed by atoms with van der Waals surface area (Å²) in [4.78, 5) is 26.3. The molecular formula is C22H34N4O3. The zero-order valence-corrected chi connectivity index (χ0v) is 17.2. The van der Waals surface area contributed by atoms with Gasteiger partial charge in [0.05, 0.1) is 12.7 Å². The molecule has 1 heterocycles. The number of hydrogen-bond donors (Lipinski definition) is 3. The van der Waals surface area contributed by atoms with Gasteiger partial charge in [-0.3, -0.25) is 9.69 Å². The zero-order valence-electron chi connectivity index (χ0n) is 17.2. The molecule has 1 aliphatic heterocycles. The molecule has 1 saturated carbocycles. The Kier molecular flexibility index (Phi) is 8.77. The summed E-state index contributed by atoms with van der Waals surface area (Å²) in [6.07, 6.45) is 6.00. The Morgan fingerprint density at radius 1 is 1.07 bits per heavy atom. The second-order valence-corrected chi connectivity index (χ2v) is 8.00. The summed E-state index contributed by atoms with van der Waals surface area (Å²) in [6, 6.07) is 10.5. The van der Waals surface area contributed by atoms with Crippen LogP contribution in [0.1, 0.15) is 44.1 Å². The van der Waals surface area contributed by atoms with Crippen molar-refractivity contribution in [2.45, 2.75) is 57.2 Å². The van der Waals surface area contributed by atoms with E-state index < -0.39 is 0 Å². The van der Waals surface area contributed by atoms with Crippen LogP contribution in [-0.2, 0) is 16.1 Å². The minimum absolute atomic E-state index is 0.000952. The molecule has 0 bridgehead atoms. The Morgan fingerprint density at radius 3 is 2.66 bits per heavy atom. The Hall–Kier alpha value is -2.12. The zero-order chi connectivity index (χ0) is 20.3. The second-order valence-electron chi connectivity index (χ2n) is 8.00. The molecule has 1 unspecified atom stereocenters. The van der Waals surface area contributed by atoms with Crippen LogP contribution >= 0.6 is 0 Å². The molecule has 1 saturated heterocycles. The summed E-state index contributed by atoms with van der Waals surface area (Å²) < 4.78 is 5.79. The number of ether oxygens (including phenoxy) is 1. The summed E-state index contributed by atoms with van der Waals surface area (Å²) in [5.74, 6) is -0.0632. The third-order valence-corrected chi connectivity index (χ3v) is 5.58. The second kappa shape index (κ2) is 11.8. The van der Waals surface area contributed by atoms with Crippen molar-refractivity contribution >= 4 is 11.9 Å². The van der Waals surface area contributed by atoms with Gasteiger partial charge < -0.3 is 20.7 Å². The van der Waals surface area contributed by atoms with Crippen molar-refractivity contribution in [1.82, 2.24) is 20.9 Å². The topological polar surface area (TPSA) is 82.7 Å². The van der Waals surface area contributed by atoms with Gasteiger partial charge in [-0.05, 0) is 18.4 Å². The molecular weight excluding hydrogens is 368 g/mol. The number of carbonyl (C=O) groups is 2. The van der Waals surface area contributed by atoms with Crippen molar-refractivity contribution in [3.05, 3.63) is 35.9 Å². The average molecular weight is 403 g/mol. The molecule has 0 aromatic heterocycles. The van der Waals surface area contributed by atoms with Crippen molar-refractivity contribution in [2.24, 2.45) is 0 Å². The highest BCUT2D eigenvalue weighted by atomic mass is 16.5. The molecule has 2 aliphatic rings. The number of nitrogens with zero attached hydrogens (tertiary/aromatic N) is 1. The molecule has 7 heteroatoms. The predicted molar refractivity (Wildman–Crippen MR) is 112 cm³/mol. The maximum absolute atomic E-state index is 12.1. The molecule has 2 fully saturated rings. The number of benzene rings is 1. The van der Waals surface area contributed by atoms with Crippen LogP contribution in [0.15, 0.2) is 30.3 Å². The summed E-state index contributed by atoms with van der Waals surface area (Å²) in [6.45, 7) is 4.12. The SMILES string of the molecule is O=C(CCNC(=O)NC1CCCCC1)NCC1CN(Cc2ccccc2)CCO1. The molecule has 1 aliphatic carbocycles. The van der Waals surface area contributed by atoms with Crippen molar-refractivity contribution in [1.29, 1.82) is 0 Å².